The van der Waals surface area contributed by atoms with Crippen LogP contribution in [-0.4, -0.2) is 23.8 Å². The van der Waals surface area contributed by atoms with E-state index < -0.39 is 0 Å². The third-order valence-corrected chi connectivity index (χ3v) is 14.2. The molecular weight excluding hydrogens is 656 g/mol. The Hall–Kier alpha value is -2.07. The highest BCUT2D eigenvalue weighted by atomic mass is 79.9. The lowest BCUT2D eigenvalue weighted by molar-refractivity contribution is -0.126. The number of benzene rings is 2. The molecule has 0 saturated heterocycles. The Kier molecular flexibility index (Phi) is 11.5. The van der Waals surface area contributed by atoms with Gasteiger partial charge in [0.05, 0.1) is 12.7 Å². The zero-order chi connectivity index (χ0) is 33.9. The SMILES string of the molecule is CC(C)CCC[C@@H](C)[C@H]1CCC2C3CCC4CC(Oc5ccc(C(=O)C=Cc6ccc(OCCBr)cc6)cc5)CC[C@]4(C)C3CC[C@@]21C. The second-order valence-electron chi connectivity index (χ2n) is 17.0. The Bertz CT molecular complexity index is 1380. The van der Waals surface area contributed by atoms with Crippen LogP contribution in [-0.2, 0) is 0 Å². The third kappa shape index (κ3) is 7.64. The van der Waals surface area contributed by atoms with Gasteiger partial charge >= 0.3 is 0 Å². The number of halogens is 1. The van der Waals surface area contributed by atoms with E-state index in [2.05, 4.69) is 50.5 Å². The van der Waals surface area contributed by atoms with Gasteiger partial charge in [-0.2, -0.15) is 0 Å². The van der Waals surface area contributed by atoms with Gasteiger partial charge < -0.3 is 9.47 Å². The molecule has 3 nitrogen and oxygen atoms in total. The number of carbonyl (C=O) groups is 1. The molecule has 0 radical (unpaired) electrons. The summed E-state index contributed by atoms with van der Waals surface area (Å²) in [6, 6.07) is 15.6. The van der Waals surface area contributed by atoms with E-state index >= 15 is 0 Å². The Morgan fingerprint density at radius 3 is 2.29 bits per heavy atom. The quantitative estimate of drug-likeness (QED) is 0.118. The number of fused-ring (bicyclic) bond motifs is 5. The van der Waals surface area contributed by atoms with Crippen molar-refractivity contribution in [2.24, 2.45) is 52.3 Å². The summed E-state index contributed by atoms with van der Waals surface area (Å²) in [7, 11) is 0. The molecule has 0 N–H and O–H groups in total. The molecule has 4 aliphatic carbocycles. The van der Waals surface area contributed by atoms with Gasteiger partial charge in [0.1, 0.15) is 11.5 Å². The minimum absolute atomic E-state index is 0.00380. The van der Waals surface area contributed by atoms with E-state index in [4.69, 9.17) is 9.47 Å². The van der Waals surface area contributed by atoms with Crippen LogP contribution >= 0.6 is 15.9 Å². The van der Waals surface area contributed by atoms with Crippen molar-refractivity contribution in [3.05, 3.63) is 65.7 Å². The summed E-state index contributed by atoms with van der Waals surface area (Å²) in [5.41, 5.74) is 2.70. The molecule has 9 atom stereocenters. The van der Waals surface area contributed by atoms with Crippen molar-refractivity contribution in [2.45, 2.75) is 118 Å². The van der Waals surface area contributed by atoms with Crippen molar-refractivity contribution in [3.63, 3.8) is 0 Å². The minimum Gasteiger partial charge on any atom is -0.493 e. The molecule has 0 aromatic heterocycles. The largest absolute Gasteiger partial charge is 0.493 e. The lowest BCUT2D eigenvalue weighted by atomic mass is 9.44. The Morgan fingerprint density at radius 2 is 1.56 bits per heavy atom. The van der Waals surface area contributed by atoms with E-state index in [1.165, 1.54) is 70.6 Å². The molecule has 4 fully saturated rings. The number of hydrogen-bond donors (Lipinski definition) is 0. The number of hydrogen-bond acceptors (Lipinski definition) is 3. The van der Waals surface area contributed by atoms with Gasteiger partial charge in [0.15, 0.2) is 5.78 Å². The summed E-state index contributed by atoms with van der Waals surface area (Å²) in [6.45, 7) is 13.4. The molecule has 2 aromatic rings. The fraction of sp³-hybridized carbons (Fsp3) is 0.659. The van der Waals surface area contributed by atoms with Crippen LogP contribution in [0.2, 0.25) is 0 Å². The van der Waals surface area contributed by atoms with E-state index in [9.17, 15) is 4.79 Å². The maximum Gasteiger partial charge on any atom is 0.185 e. The summed E-state index contributed by atoms with van der Waals surface area (Å²) in [6.07, 6.45) is 20.3. The van der Waals surface area contributed by atoms with Crippen LogP contribution in [0.4, 0.5) is 0 Å². The van der Waals surface area contributed by atoms with Crippen LogP contribution in [0.3, 0.4) is 0 Å². The molecule has 0 aliphatic heterocycles. The van der Waals surface area contributed by atoms with Crippen LogP contribution < -0.4 is 9.47 Å². The first-order valence-corrected chi connectivity index (χ1v) is 20.5. The number of ketones is 1. The van der Waals surface area contributed by atoms with E-state index in [1.54, 1.807) is 6.08 Å². The zero-order valence-electron chi connectivity index (χ0n) is 30.4. The molecule has 4 heteroatoms. The van der Waals surface area contributed by atoms with Crippen LogP contribution in [0, 0.1) is 52.3 Å². The number of carbonyl (C=O) groups excluding carboxylic acids is 1. The van der Waals surface area contributed by atoms with Gasteiger partial charge in [0, 0.05) is 10.9 Å². The predicted molar refractivity (Wildman–Crippen MR) is 203 cm³/mol. The van der Waals surface area contributed by atoms with Crippen molar-refractivity contribution in [1.29, 1.82) is 0 Å². The smallest absolute Gasteiger partial charge is 0.185 e. The molecule has 4 saturated carbocycles. The van der Waals surface area contributed by atoms with Gasteiger partial charge in [0.25, 0.3) is 0 Å². The van der Waals surface area contributed by atoms with Crippen molar-refractivity contribution >= 4 is 27.8 Å². The molecule has 0 bridgehead atoms. The number of ether oxygens (including phenoxy) is 2. The van der Waals surface area contributed by atoms with Crippen molar-refractivity contribution in [2.75, 3.05) is 11.9 Å². The minimum atomic E-state index is 0.00380. The number of alkyl halides is 1. The lowest BCUT2D eigenvalue weighted by Crippen LogP contribution is -2.54. The van der Waals surface area contributed by atoms with Crippen LogP contribution in [0.15, 0.2) is 54.6 Å². The number of rotatable bonds is 13. The van der Waals surface area contributed by atoms with Gasteiger partial charge in [-0.1, -0.05) is 88.0 Å². The van der Waals surface area contributed by atoms with Gasteiger partial charge in [-0.05, 0) is 158 Å². The van der Waals surface area contributed by atoms with Gasteiger partial charge in [0.2, 0.25) is 0 Å². The summed E-state index contributed by atoms with van der Waals surface area (Å²) in [5.74, 6) is 7.93. The molecule has 0 amide bonds. The maximum absolute atomic E-state index is 12.9. The highest BCUT2D eigenvalue weighted by Gasteiger charge is 2.60. The summed E-state index contributed by atoms with van der Waals surface area (Å²) in [4.78, 5) is 12.9. The highest BCUT2D eigenvalue weighted by Crippen LogP contribution is 2.68. The molecule has 48 heavy (non-hydrogen) atoms. The summed E-state index contributed by atoms with van der Waals surface area (Å²) >= 11 is 3.38. The monoisotopic (exact) mass is 716 g/mol. The average molecular weight is 718 g/mol. The van der Waals surface area contributed by atoms with E-state index in [0.29, 0.717) is 23.0 Å². The zero-order valence-corrected chi connectivity index (χ0v) is 32.0. The first-order chi connectivity index (χ1) is 23.1. The first kappa shape index (κ1) is 35.7. The Balaban J connectivity index is 1.01. The highest BCUT2D eigenvalue weighted by molar-refractivity contribution is 9.09. The maximum atomic E-state index is 12.9. The molecule has 0 spiro atoms. The fourth-order valence-corrected chi connectivity index (χ4v) is 11.5. The second kappa shape index (κ2) is 15.4. The topological polar surface area (TPSA) is 35.5 Å². The van der Waals surface area contributed by atoms with Crippen molar-refractivity contribution in [1.82, 2.24) is 0 Å². The van der Waals surface area contributed by atoms with Crippen LogP contribution in [0.5, 0.6) is 11.5 Å². The van der Waals surface area contributed by atoms with Crippen molar-refractivity contribution < 1.29 is 14.3 Å². The summed E-state index contributed by atoms with van der Waals surface area (Å²) in [5, 5.41) is 0.799. The average Bonchev–Trinajstić information content (AvgIpc) is 3.44. The van der Waals surface area contributed by atoms with Gasteiger partial charge in [-0.3, -0.25) is 4.79 Å². The molecule has 4 aliphatic rings. The molecule has 2 aromatic carbocycles. The normalized spacial score (nSPS) is 33.6. The Morgan fingerprint density at radius 1 is 0.854 bits per heavy atom. The van der Waals surface area contributed by atoms with E-state index in [1.807, 2.05) is 54.6 Å². The predicted octanol–water partition coefficient (Wildman–Crippen LogP) is 12.2. The molecule has 0 heterocycles. The third-order valence-electron chi connectivity index (χ3n) is 13.9. The van der Waals surface area contributed by atoms with Gasteiger partial charge in [-0.25, -0.2) is 0 Å². The number of allylic oxidation sites excluding steroid dienone is 1. The van der Waals surface area contributed by atoms with E-state index in [0.717, 1.165) is 70.2 Å². The molecule has 6 rings (SSSR count). The second-order valence-corrected chi connectivity index (χ2v) is 17.8. The fourth-order valence-electron chi connectivity index (χ4n) is 11.3. The van der Waals surface area contributed by atoms with Crippen LogP contribution in [0.1, 0.15) is 128 Å². The van der Waals surface area contributed by atoms with E-state index in [-0.39, 0.29) is 11.9 Å². The molecule has 262 valence electrons. The lowest BCUT2D eigenvalue weighted by Gasteiger charge is -2.61. The summed E-state index contributed by atoms with van der Waals surface area (Å²) < 4.78 is 12.2. The van der Waals surface area contributed by atoms with Gasteiger partial charge in [-0.15, -0.1) is 0 Å². The molecular formula is C44H61BrO3. The standard InChI is InChI=1S/C44H61BrO3/c1-30(2)7-6-8-31(3)39-20-21-40-38-19-14-34-29-37(23-25-43(34,4)41(38)24-26-44(39,40)5)48-36-17-12-33(13-18-36)42(46)22-11-32-9-15-35(16-10-32)47-28-27-45/h9-13,15-18,22,30-31,34,37-41H,6-8,14,19-21,23-29H2,1-5H3/t31-,34?,37?,38?,39-,40?,41?,43+,44-/m1/s1. The molecule has 5 unspecified atom stereocenters. The Labute approximate surface area is 300 Å². The van der Waals surface area contributed by atoms with Crippen LogP contribution in [0.25, 0.3) is 6.08 Å². The van der Waals surface area contributed by atoms with Crippen molar-refractivity contribution in [3.8, 4) is 11.5 Å². The first-order valence-electron chi connectivity index (χ1n) is 19.4.